The van der Waals surface area contributed by atoms with E-state index < -0.39 is 6.10 Å². The Hall–Kier alpha value is -2.63. The Morgan fingerprint density at radius 1 is 0.267 bits per heavy atom. The Kier molecular flexibility index (Phi) is 61.7. The van der Waals surface area contributed by atoms with Gasteiger partial charge in [0.25, 0.3) is 0 Å². The van der Waals surface area contributed by atoms with Crippen molar-refractivity contribution in [2.24, 2.45) is 0 Å². The van der Waals surface area contributed by atoms with Crippen molar-refractivity contribution in [2.75, 3.05) is 13.2 Å². The van der Waals surface area contributed by atoms with Gasteiger partial charge in [0.05, 0.1) is 0 Å². The lowest BCUT2D eigenvalue weighted by molar-refractivity contribution is -0.167. The molecule has 438 valence electrons. The van der Waals surface area contributed by atoms with Crippen LogP contribution in [0.2, 0.25) is 0 Å². The largest absolute Gasteiger partial charge is 0.462 e. The normalized spacial score (nSPS) is 12.3. The summed E-state index contributed by atoms with van der Waals surface area (Å²) in [5, 5.41) is 0. The van der Waals surface area contributed by atoms with E-state index in [1.807, 2.05) is 0 Å². The number of carbonyl (C=O) groups excluding carboxylic acids is 3. The molecule has 0 aliphatic carbocycles. The lowest BCUT2D eigenvalue weighted by atomic mass is 10.0. The molecule has 0 aromatic carbocycles. The van der Waals surface area contributed by atoms with E-state index in [0.717, 1.165) is 70.6 Å². The maximum absolute atomic E-state index is 12.9. The predicted octanol–water partition coefficient (Wildman–Crippen LogP) is 22.6. The van der Waals surface area contributed by atoms with Gasteiger partial charge in [0.2, 0.25) is 0 Å². The maximum Gasteiger partial charge on any atom is 0.306 e. The van der Waals surface area contributed by atoms with Crippen molar-refractivity contribution in [2.45, 2.75) is 361 Å². The van der Waals surface area contributed by atoms with E-state index in [2.05, 4.69) is 69.4 Å². The molecule has 0 aliphatic rings. The Morgan fingerprint density at radius 3 is 0.773 bits per heavy atom. The summed E-state index contributed by atoms with van der Waals surface area (Å²) in [6.07, 6.45) is 79.7. The molecule has 0 amide bonds. The standard InChI is InChI=1S/C69H126O6/c1-4-7-10-13-16-19-22-25-28-31-33-34-36-39-41-44-47-50-53-56-59-62-68(71)74-65-66(75-69(72)63-60-57-54-51-48-45-42-37-30-27-24-21-18-15-12-9-6-3)64-73-67(70)61-58-55-52-49-46-43-40-38-35-32-29-26-23-20-17-14-11-8-5-2/h18,21,25-30,66H,4-17,19-20,22-24,31-65H2,1-3H3/b21-18-,28-25-,29-26-,30-27-/t66-/m0/s1. The number of ether oxygens (including phenoxy) is 3. The van der Waals surface area contributed by atoms with E-state index >= 15 is 0 Å². The summed E-state index contributed by atoms with van der Waals surface area (Å²) in [6.45, 7) is 6.65. The smallest absolute Gasteiger partial charge is 0.306 e. The van der Waals surface area contributed by atoms with Gasteiger partial charge in [-0.1, -0.05) is 281 Å². The Bertz CT molecular complexity index is 1300. The molecule has 0 spiro atoms. The third kappa shape index (κ3) is 62.1. The van der Waals surface area contributed by atoms with Gasteiger partial charge in [0, 0.05) is 19.3 Å². The number of carbonyl (C=O) groups is 3. The van der Waals surface area contributed by atoms with Crippen LogP contribution in [0.15, 0.2) is 48.6 Å². The summed E-state index contributed by atoms with van der Waals surface area (Å²) in [4.78, 5) is 38.4. The monoisotopic (exact) mass is 1050 g/mol. The predicted molar refractivity (Wildman–Crippen MR) is 325 cm³/mol. The van der Waals surface area contributed by atoms with Gasteiger partial charge in [-0.25, -0.2) is 0 Å². The zero-order valence-electron chi connectivity index (χ0n) is 50.3. The average molecular weight is 1050 g/mol. The van der Waals surface area contributed by atoms with E-state index in [1.165, 1.54) is 244 Å². The second-order valence-electron chi connectivity index (χ2n) is 22.4. The number of esters is 3. The van der Waals surface area contributed by atoms with Crippen molar-refractivity contribution in [1.82, 2.24) is 0 Å². The van der Waals surface area contributed by atoms with Crippen LogP contribution in [-0.2, 0) is 28.6 Å². The summed E-state index contributed by atoms with van der Waals surface area (Å²) in [5.41, 5.74) is 0. The highest BCUT2D eigenvalue weighted by molar-refractivity contribution is 5.71. The molecule has 6 heteroatoms. The average Bonchev–Trinajstić information content (AvgIpc) is 3.41. The number of hydrogen-bond donors (Lipinski definition) is 0. The molecule has 0 bridgehead atoms. The minimum Gasteiger partial charge on any atom is -0.462 e. The molecule has 0 N–H and O–H groups in total. The van der Waals surface area contributed by atoms with Crippen LogP contribution >= 0.6 is 0 Å². The lowest BCUT2D eigenvalue weighted by Crippen LogP contribution is -2.30. The fourth-order valence-corrected chi connectivity index (χ4v) is 9.76. The minimum absolute atomic E-state index is 0.0747. The third-order valence-corrected chi connectivity index (χ3v) is 14.8. The second kappa shape index (κ2) is 63.9. The lowest BCUT2D eigenvalue weighted by Gasteiger charge is -2.18. The van der Waals surface area contributed by atoms with E-state index in [1.54, 1.807) is 0 Å². The van der Waals surface area contributed by atoms with Crippen LogP contribution in [0, 0.1) is 0 Å². The zero-order valence-corrected chi connectivity index (χ0v) is 50.3. The molecule has 0 saturated heterocycles. The van der Waals surface area contributed by atoms with E-state index in [0.29, 0.717) is 19.3 Å². The minimum atomic E-state index is -0.779. The number of allylic oxidation sites excluding steroid dienone is 8. The Labute approximate surface area is 467 Å². The van der Waals surface area contributed by atoms with Gasteiger partial charge >= 0.3 is 17.9 Å². The summed E-state index contributed by atoms with van der Waals surface area (Å²) < 4.78 is 17.0. The van der Waals surface area contributed by atoms with Crippen LogP contribution in [0.4, 0.5) is 0 Å². The van der Waals surface area contributed by atoms with Crippen molar-refractivity contribution >= 4 is 17.9 Å². The molecular weight excluding hydrogens is 925 g/mol. The summed E-state index contributed by atoms with van der Waals surface area (Å²) in [6, 6.07) is 0. The molecule has 0 aromatic rings. The molecule has 0 heterocycles. The maximum atomic E-state index is 12.9. The zero-order chi connectivity index (χ0) is 54.3. The highest BCUT2D eigenvalue weighted by Crippen LogP contribution is 2.17. The van der Waals surface area contributed by atoms with E-state index in [4.69, 9.17) is 14.2 Å². The second-order valence-corrected chi connectivity index (χ2v) is 22.4. The van der Waals surface area contributed by atoms with Gasteiger partial charge in [-0.2, -0.15) is 0 Å². The molecule has 0 aromatic heterocycles. The van der Waals surface area contributed by atoms with Crippen LogP contribution in [0.1, 0.15) is 355 Å². The van der Waals surface area contributed by atoms with Gasteiger partial charge in [-0.15, -0.1) is 0 Å². The first kappa shape index (κ1) is 72.4. The quantitative estimate of drug-likeness (QED) is 0.0261. The van der Waals surface area contributed by atoms with Crippen molar-refractivity contribution in [3.8, 4) is 0 Å². The van der Waals surface area contributed by atoms with Gasteiger partial charge in [0.15, 0.2) is 6.10 Å². The van der Waals surface area contributed by atoms with Crippen molar-refractivity contribution in [1.29, 1.82) is 0 Å². The summed E-state index contributed by atoms with van der Waals surface area (Å²) >= 11 is 0. The SMILES string of the molecule is CCCCC/C=C\C/C=C\CCCCCCCCCC(=O)O[C@@H](COC(=O)CCCCCCCCCCC/C=C\CCCCCCCC)COC(=O)CCCCCCCCCCCCC/C=C\CCCCCCCC. The number of rotatable bonds is 61. The van der Waals surface area contributed by atoms with Crippen LogP contribution in [0.3, 0.4) is 0 Å². The fraction of sp³-hybridized carbons (Fsp3) is 0.841. The Balaban J connectivity index is 4.34. The van der Waals surface area contributed by atoms with Crippen LogP contribution < -0.4 is 0 Å². The number of hydrogen-bond acceptors (Lipinski definition) is 6. The molecule has 0 unspecified atom stereocenters. The van der Waals surface area contributed by atoms with E-state index in [-0.39, 0.29) is 31.1 Å². The first-order valence-electron chi connectivity index (χ1n) is 33.1. The van der Waals surface area contributed by atoms with Gasteiger partial charge < -0.3 is 14.2 Å². The molecule has 0 fully saturated rings. The first-order chi connectivity index (χ1) is 37.0. The molecule has 6 nitrogen and oxygen atoms in total. The first-order valence-corrected chi connectivity index (χ1v) is 33.1. The molecule has 0 aliphatic heterocycles. The van der Waals surface area contributed by atoms with Gasteiger partial charge in [-0.3, -0.25) is 14.4 Å². The fourth-order valence-electron chi connectivity index (χ4n) is 9.76. The molecule has 1 atom stereocenters. The van der Waals surface area contributed by atoms with Crippen molar-refractivity contribution in [3.05, 3.63) is 48.6 Å². The van der Waals surface area contributed by atoms with E-state index in [9.17, 15) is 14.4 Å². The third-order valence-electron chi connectivity index (χ3n) is 14.8. The molecule has 0 saturated carbocycles. The molecule has 75 heavy (non-hydrogen) atoms. The van der Waals surface area contributed by atoms with Crippen LogP contribution in [0.25, 0.3) is 0 Å². The van der Waals surface area contributed by atoms with Gasteiger partial charge in [0.1, 0.15) is 13.2 Å². The van der Waals surface area contributed by atoms with Crippen LogP contribution in [-0.4, -0.2) is 37.2 Å². The van der Waals surface area contributed by atoms with Crippen molar-refractivity contribution in [3.63, 3.8) is 0 Å². The topological polar surface area (TPSA) is 78.9 Å². The Morgan fingerprint density at radius 2 is 0.480 bits per heavy atom. The summed E-state index contributed by atoms with van der Waals surface area (Å²) in [7, 11) is 0. The highest BCUT2D eigenvalue weighted by atomic mass is 16.6. The molecule has 0 rings (SSSR count). The molecule has 0 radical (unpaired) electrons. The highest BCUT2D eigenvalue weighted by Gasteiger charge is 2.19. The molecular formula is C69H126O6. The van der Waals surface area contributed by atoms with Crippen LogP contribution in [0.5, 0.6) is 0 Å². The van der Waals surface area contributed by atoms with Crippen molar-refractivity contribution < 1.29 is 28.6 Å². The van der Waals surface area contributed by atoms with Gasteiger partial charge in [-0.05, 0) is 103 Å². The summed E-state index contributed by atoms with van der Waals surface area (Å²) in [5.74, 6) is -0.864. The number of unbranched alkanes of at least 4 members (excludes halogenated alkanes) is 42.